The Balaban J connectivity index is 2.66. The molecule has 1 fully saturated rings. The lowest BCUT2D eigenvalue weighted by molar-refractivity contribution is -0.696. The van der Waals surface area contributed by atoms with E-state index in [4.69, 9.17) is 13.0 Å². The van der Waals surface area contributed by atoms with Gasteiger partial charge in [-0.1, -0.05) is 54.4 Å². The summed E-state index contributed by atoms with van der Waals surface area (Å²) in [7, 11) is -13.7. The summed E-state index contributed by atoms with van der Waals surface area (Å²) in [5.41, 5.74) is 0.190. The molecule has 1 saturated heterocycles. The minimum absolute atomic E-state index is 0.0176. The Morgan fingerprint density at radius 3 is 1.57 bits per heavy atom. The zero-order valence-corrected chi connectivity index (χ0v) is 41.7. The third-order valence-corrected chi connectivity index (χ3v) is 33.2. The zero-order valence-electron chi connectivity index (χ0n) is 37.9. The van der Waals surface area contributed by atoms with Crippen LogP contribution >= 0.6 is 0 Å². The number of aromatic nitrogens is 1. The van der Waals surface area contributed by atoms with Crippen molar-refractivity contribution >= 4 is 41.3 Å². The van der Waals surface area contributed by atoms with Crippen LogP contribution in [0.1, 0.15) is 91.5 Å². The van der Waals surface area contributed by atoms with Crippen molar-refractivity contribution in [3.63, 3.8) is 0 Å². The molecule has 0 amide bonds. The number of carbonyl (C=O) groups excluding carboxylic acids is 1. The number of aryl methyl sites for hydroxylation is 1. The van der Waals surface area contributed by atoms with E-state index in [1.54, 1.807) is 37.1 Å². The quantitative estimate of drug-likeness (QED) is 0.0334. The minimum Gasteiger partial charge on any atom is -0.748 e. The Hall–Kier alpha value is -2.09. The van der Waals surface area contributed by atoms with E-state index in [2.05, 4.69) is 0 Å². The molecule has 67 heavy (non-hydrogen) atoms. The number of nitrogens with zero attached hydrogens (tertiary/aromatic N) is 1. The van der Waals surface area contributed by atoms with E-state index < -0.39 is 125 Å². The summed E-state index contributed by atoms with van der Waals surface area (Å²) in [5.74, 6) is -61.7. The average molecular weight is 1080 g/mol. The number of hydrogen-bond donors (Lipinski definition) is 0. The number of pyridine rings is 1. The van der Waals surface area contributed by atoms with E-state index in [-0.39, 0.29) is 36.9 Å². The van der Waals surface area contributed by atoms with Gasteiger partial charge in [-0.2, -0.15) is 74.6 Å². The molecule has 2 heterocycles. The van der Waals surface area contributed by atoms with Crippen LogP contribution in [0.2, 0.25) is 41.9 Å². The molecular formula is C38H56F17NO7SSi3. The normalized spacial score (nSPS) is 23.7. The highest BCUT2D eigenvalue weighted by molar-refractivity contribution is 7.85. The predicted octanol–water partition coefficient (Wildman–Crippen LogP) is 12.2. The molecule has 0 aliphatic carbocycles. The molecule has 0 aromatic carbocycles. The first-order chi connectivity index (χ1) is 29.8. The van der Waals surface area contributed by atoms with E-state index in [0.29, 0.717) is 24.1 Å². The Morgan fingerprint density at radius 1 is 0.746 bits per heavy atom. The molecule has 5 unspecified atom stereocenters. The van der Waals surface area contributed by atoms with Crippen LogP contribution in [0.25, 0.3) is 0 Å². The van der Waals surface area contributed by atoms with Gasteiger partial charge in [0.2, 0.25) is 0 Å². The van der Waals surface area contributed by atoms with Gasteiger partial charge in [-0.25, -0.2) is 13.0 Å². The first-order valence-corrected chi connectivity index (χ1v) is 30.4. The second kappa shape index (κ2) is 20.6. The average Bonchev–Trinajstić information content (AvgIpc) is 3.15. The summed E-state index contributed by atoms with van der Waals surface area (Å²) in [6.07, 6.45) is -7.19. The largest absolute Gasteiger partial charge is 0.748 e. The first-order valence-electron chi connectivity index (χ1n) is 21.0. The Bertz CT molecular complexity index is 1920. The van der Waals surface area contributed by atoms with Gasteiger partial charge in [-0.05, 0) is 60.7 Å². The van der Waals surface area contributed by atoms with Crippen LogP contribution in [0.5, 0.6) is 0 Å². The number of carbonyl (C=O) groups is 1. The lowest BCUT2D eigenvalue weighted by Gasteiger charge is -2.56. The monoisotopic (exact) mass is 1080 g/mol. The van der Waals surface area contributed by atoms with E-state index in [1.807, 2.05) is 40.8 Å². The fourth-order valence-electron chi connectivity index (χ4n) is 8.09. The van der Waals surface area contributed by atoms with Crippen LogP contribution in [0, 0.1) is 5.92 Å². The molecule has 1 aliphatic heterocycles. The van der Waals surface area contributed by atoms with Gasteiger partial charge in [-0.3, -0.25) is 4.79 Å². The molecule has 0 bridgehead atoms. The maximum absolute atomic E-state index is 15.0. The van der Waals surface area contributed by atoms with Crippen LogP contribution in [0.3, 0.4) is 0 Å². The molecule has 1 aromatic rings. The van der Waals surface area contributed by atoms with Crippen molar-refractivity contribution < 1.29 is 110 Å². The molecule has 0 spiro atoms. The molecule has 2 rings (SSSR count). The van der Waals surface area contributed by atoms with E-state index in [9.17, 15) is 92.4 Å². The molecule has 0 radical (unpaired) electrons. The number of rotatable bonds is 24. The second-order valence-electron chi connectivity index (χ2n) is 18.2. The minimum atomic E-state index is -8.77. The van der Waals surface area contributed by atoms with Crippen molar-refractivity contribution in [2.75, 3.05) is 12.4 Å². The van der Waals surface area contributed by atoms with Gasteiger partial charge in [0, 0.05) is 29.8 Å². The molecule has 1 aromatic heterocycles. The molecule has 8 nitrogen and oxygen atoms in total. The summed E-state index contributed by atoms with van der Waals surface area (Å²) >= 11 is 0. The summed E-state index contributed by atoms with van der Waals surface area (Å²) in [6.45, 7) is 14.8. The van der Waals surface area contributed by atoms with Gasteiger partial charge in [0.25, 0.3) is 0 Å². The molecule has 0 N–H and O–H groups in total. The van der Waals surface area contributed by atoms with Gasteiger partial charge in [0.15, 0.2) is 29.0 Å². The lowest BCUT2D eigenvalue weighted by Crippen LogP contribution is -2.74. The van der Waals surface area contributed by atoms with Crippen molar-refractivity contribution in [3.05, 3.63) is 30.1 Å². The smallest absolute Gasteiger partial charge is 0.460 e. The van der Waals surface area contributed by atoms with Gasteiger partial charge in [-0.15, -0.1) is 0 Å². The highest BCUT2D eigenvalue weighted by atomic mass is 32.2. The highest BCUT2D eigenvalue weighted by Gasteiger charge is 2.95. The second-order valence-corrected chi connectivity index (χ2v) is 33.1. The number of hydrogen-bond acceptors (Lipinski definition) is 7. The maximum Gasteiger partial charge on any atom is 0.460 e. The van der Waals surface area contributed by atoms with Gasteiger partial charge in [0.05, 0.1) is 29.1 Å². The first kappa shape index (κ1) is 61.0. The predicted molar refractivity (Wildman–Crippen MR) is 214 cm³/mol. The third kappa shape index (κ3) is 12.2. The number of halogens is 17. The molecule has 1 aliphatic rings. The topological polar surface area (TPSA) is 106 Å². The van der Waals surface area contributed by atoms with Crippen molar-refractivity contribution in [1.82, 2.24) is 0 Å². The Kier molecular flexibility index (Phi) is 18.7. The fourth-order valence-corrected chi connectivity index (χ4v) is 32.1. The van der Waals surface area contributed by atoms with Crippen LogP contribution in [-0.4, -0.2) is 104 Å². The van der Waals surface area contributed by atoms with Crippen LogP contribution in [-0.2, 0) is 34.4 Å². The highest BCUT2D eigenvalue weighted by Crippen LogP contribution is 2.64. The number of esters is 1. The molecule has 392 valence electrons. The van der Waals surface area contributed by atoms with Crippen molar-refractivity contribution in [3.8, 4) is 0 Å². The standard InChI is InChI=1S/C38H56F17NO7SSi3/c1-10-13-27(26-14-18-56(19-15-26)17-12-21-64(58,59)60)22-28(29(11-2)67(9)62-65(7,24(3)4)23-66(8,63-67)25(5)6)30(57)61-20-16-31(39,40)32(41,42)33(43,44)34(45,46)35(47,48)36(49,50)37(51,52)38(53,54)55/h14-15,18-19,24-25,27-29H,10-13,16-17,20-23H2,1-9H3. The lowest BCUT2D eigenvalue weighted by atomic mass is 9.84. The number of alkyl halides is 17. The molecule has 29 heteroatoms. The zero-order chi connectivity index (χ0) is 52.6. The maximum atomic E-state index is 15.0. The van der Waals surface area contributed by atoms with Gasteiger partial charge in [0.1, 0.15) is 6.54 Å². The van der Waals surface area contributed by atoms with Gasteiger partial charge < -0.3 is 17.5 Å². The van der Waals surface area contributed by atoms with Crippen LogP contribution in [0.15, 0.2) is 24.5 Å². The van der Waals surface area contributed by atoms with E-state index in [0.717, 1.165) is 0 Å². The molecule has 5 atom stereocenters. The molecule has 0 saturated carbocycles. The van der Waals surface area contributed by atoms with E-state index >= 15 is 0 Å². The summed E-state index contributed by atoms with van der Waals surface area (Å²) < 4.78 is 291. The van der Waals surface area contributed by atoms with Crippen molar-refractivity contribution in [1.29, 1.82) is 0 Å². The van der Waals surface area contributed by atoms with Crippen LogP contribution < -0.4 is 4.57 Å². The SMILES string of the molecule is CCCC(CC(C(=O)OCCC(F)(F)C(F)(F)C(F)(F)C(F)(F)C(F)(F)C(F)(F)C(F)(F)C(F)(F)F)C(CC)[Si]1(C)O[Si](C)(C(C)C)C[Si](C)(C(C)C)O1)c1cc[n+](CCCS(=O)(=O)[O-])cc1. The summed E-state index contributed by atoms with van der Waals surface area (Å²) in [5, 5.41) is 0. The summed E-state index contributed by atoms with van der Waals surface area (Å²) in [4.78, 5) is 14.2. The van der Waals surface area contributed by atoms with Crippen molar-refractivity contribution in [2.24, 2.45) is 5.92 Å². The van der Waals surface area contributed by atoms with Crippen molar-refractivity contribution in [2.45, 2.75) is 182 Å². The Labute approximate surface area is 380 Å². The number of ether oxygens (including phenoxy) is 1. The van der Waals surface area contributed by atoms with E-state index in [1.165, 1.54) is 12.4 Å². The third-order valence-electron chi connectivity index (χ3n) is 12.7. The fraction of sp³-hybridized carbons (Fsp3) is 0.842. The van der Waals surface area contributed by atoms with Crippen LogP contribution in [0.4, 0.5) is 74.6 Å². The molecular weight excluding hydrogens is 1020 g/mol. The Morgan fingerprint density at radius 2 is 1.18 bits per heavy atom. The van der Waals surface area contributed by atoms with Gasteiger partial charge >= 0.3 is 62.2 Å². The summed E-state index contributed by atoms with van der Waals surface area (Å²) in [6, 6.07) is 3.19.